The third-order valence-corrected chi connectivity index (χ3v) is 5.77. The third-order valence-electron chi connectivity index (χ3n) is 4.59. The highest BCUT2D eigenvalue weighted by atomic mass is 32.2. The lowest BCUT2D eigenvalue weighted by atomic mass is 10.2. The van der Waals surface area contributed by atoms with Crippen LogP contribution in [0.4, 0.5) is 11.4 Å². The van der Waals surface area contributed by atoms with Crippen molar-refractivity contribution in [2.24, 2.45) is 0 Å². The normalized spacial score (nSPS) is 16.3. The van der Waals surface area contributed by atoms with Crippen LogP contribution in [0.1, 0.15) is 12.0 Å². The van der Waals surface area contributed by atoms with Crippen molar-refractivity contribution in [2.75, 3.05) is 36.6 Å². The molecule has 0 radical (unpaired) electrons. The fraction of sp³-hybridized carbons (Fsp3) is 0.350. The number of nitrogens with zero attached hydrogens (tertiary/aromatic N) is 1. The number of carbonyl (C=O) groups excluding carboxylic acids is 1. The van der Waals surface area contributed by atoms with Crippen LogP contribution in [0.5, 0.6) is 17.2 Å². The topological polar surface area (TPSA) is 94.2 Å². The van der Waals surface area contributed by atoms with Crippen LogP contribution in [0.2, 0.25) is 0 Å². The van der Waals surface area contributed by atoms with Gasteiger partial charge in [0.2, 0.25) is 10.0 Å². The summed E-state index contributed by atoms with van der Waals surface area (Å²) in [6.45, 7) is 2.01. The Hall–Kier alpha value is -2.94. The first-order chi connectivity index (χ1) is 13.7. The van der Waals surface area contributed by atoms with Gasteiger partial charge in [-0.2, -0.15) is 0 Å². The minimum Gasteiger partial charge on any atom is -0.493 e. The average molecular weight is 420 g/mol. The van der Waals surface area contributed by atoms with Crippen LogP contribution in [0.15, 0.2) is 36.4 Å². The van der Waals surface area contributed by atoms with Crippen LogP contribution >= 0.6 is 0 Å². The number of amides is 1. The molecule has 1 atom stereocenters. The molecule has 1 unspecified atom stereocenters. The molecule has 1 heterocycles. The average Bonchev–Trinajstić information content (AvgIpc) is 2.87. The van der Waals surface area contributed by atoms with E-state index in [1.165, 1.54) is 18.5 Å². The van der Waals surface area contributed by atoms with Gasteiger partial charge >= 0.3 is 0 Å². The van der Waals surface area contributed by atoms with Gasteiger partial charge < -0.3 is 19.5 Å². The number of benzene rings is 2. The highest BCUT2D eigenvalue weighted by Gasteiger charge is 2.31. The minimum absolute atomic E-state index is 0.138. The summed E-state index contributed by atoms with van der Waals surface area (Å²) in [5, 5.41) is 2.79. The number of methoxy groups -OCH3 is 2. The predicted molar refractivity (Wildman–Crippen MR) is 111 cm³/mol. The quantitative estimate of drug-likeness (QED) is 0.799. The SMILES string of the molecule is COc1ccc(NC(=O)C2CCN(S(C)(=O)=O)c3cc(C)ccc3O2)cc1OC. The molecule has 156 valence electrons. The van der Waals surface area contributed by atoms with Gasteiger partial charge in [-0.25, -0.2) is 8.42 Å². The summed E-state index contributed by atoms with van der Waals surface area (Å²) in [6, 6.07) is 10.3. The molecule has 1 aliphatic heterocycles. The minimum atomic E-state index is -3.51. The van der Waals surface area contributed by atoms with Crippen molar-refractivity contribution in [1.82, 2.24) is 0 Å². The van der Waals surface area contributed by atoms with Crippen molar-refractivity contribution in [3.63, 3.8) is 0 Å². The van der Waals surface area contributed by atoms with Gasteiger partial charge in [0, 0.05) is 24.7 Å². The van der Waals surface area contributed by atoms with Crippen LogP contribution in [0, 0.1) is 6.92 Å². The summed E-state index contributed by atoms with van der Waals surface area (Å²) in [6.07, 6.45) is 0.500. The van der Waals surface area contributed by atoms with Crippen molar-refractivity contribution < 1.29 is 27.4 Å². The number of rotatable bonds is 5. The van der Waals surface area contributed by atoms with E-state index in [1.807, 2.05) is 13.0 Å². The largest absolute Gasteiger partial charge is 0.493 e. The standard InChI is InChI=1S/C20H24N2O6S/c1-13-5-7-16-15(11-13)22(29(4,24)25)10-9-18(28-16)20(23)21-14-6-8-17(26-2)19(12-14)27-3/h5-8,11-12,18H,9-10H2,1-4H3,(H,21,23). The van der Waals surface area contributed by atoms with E-state index in [0.717, 1.165) is 11.8 Å². The van der Waals surface area contributed by atoms with Gasteiger partial charge in [0.1, 0.15) is 5.75 Å². The van der Waals surface area contributed by atoms with Crippen LogP contribution in [-0.4, -0.2) is 47.4 Å². The zero-order chi connectivity index (χ0) is 21.2. The second-order valence-corrected chi connectivity index (χ2v) is 8.67. The van der Waals surface area contributed by atoms with Gasteiger partial charge in [-0.05, 0) is 36.8 Å². The summed E-state index contributed by atoms with van der Waals surface area (Å²) < 4.78 is 42.1. The molecule has 0 saturated carbocycles. The summed E-state index contributed by atoms with van der Waals surface area (Å²) in [4.78, 5) is 12.8. The number of hydrogen-bond acceptors (Lipinski definition) is 6. The molecule has 1 amide bonds. The van der Waals surface area contributed by atoms with Gasteiger partial charge in [0.05, 0.1) is 26.2 Å². The number of nitrogens with one attached hydrogen (secondary N) is 1. The molecule has 0 aliphatic carbocycles. The van der Waals surface area contributed by atoms with E-state index in [0.29, 0.717) is 28.6 Å². The van der Waals surface area contributed by atoms with Crippen LogP contribution < -0.4 is 23.8 Å². The second-order valence-electron chi connectivity index (χ2n) is 6.76. The van der Waals surface area contributed by atoms with Gasteiger partial charge in [-0.15, -0.1) is 0 Å². The number of ether oxygens (including phenoxy) is 3. The monoisotopic (exact) mass is 420 g/mol. The molecule has 3 rings (SSSR count). The smallest absolute Gasteiger partial charge is 0.265 e. The molecule has 0 spiro atoms. The fourth-order valence-corrected chi connectivity index (χ4v) is 4.09. The molecule has 0 bridgehead atoms. The zero-order valence-corrected chi connectivity index (χ0v) is 17.6. The second kappa shape index (κ2) is 8.20. The van der Waals surface area contributed by atoms with Crippen LogP contribution in [0.25, 0.3) is 0 Å². The van der Waals surface area contributed by atoms with E-state index in [1.54, 1.807) is 30.3 Å². The van der Waals surface area contributed by atoms with Crippen molar-refractivity contribution in [2.45, 2.75) is 19.4 Å². The van der Waals surface area contributed by atoms with E-state index < -0.39 is 16.1 Å². The van der Waals surface area contributed by atoms with Crippen molar-refractivity contribution in [3.05, 3.63) is 42.0 Å². The number of hydrogen-bond donors (Lipinski definition) is 1. The Morgan fingerprint density at radius 1 is 1.14 bits per heavy atom. The zero-order valence-electron chi connectivity index (χ0n) is 16.8. The van der Waals surface area contributed by atoms with E-state index >= 15 is 0 Å². The number of aryl methyl sites for hydroxylation is 1. The molecular formula is C20H24N2O6S. The molecular weight excluding hydrogens is 396 g/mol. The Morgan fingerprint density at radius 2 is 1.86 bits per heavy atom. The Morgan fingerprint density at radius 3 is 2.52 bits per heavy atom. The highest BCUT2D eigenvalue weighted by molar-refractivity contribution is 7.92. The number of fused-ring (bicyclic) bond motifs is 1. The molecule has 1 aliphatic rings. The van der Waals surface area contributed by atoms with Crippen LogP contribution in [-0.2, 0) is 14.8 Å². The van der Waals surface area contributed by atoms with Gasteiger partial charge in [-0.1, -0.05) is 6.07 Å². The van der Waals surface area contributed by atoms with E-state index in [4.69, 9.17) is 14.2 Å². The third kappa shape index (κ3) is 4.56. The maximum atomic E-state index is 12.8. The molecule has 29 heavy (non-hydrogen) atoms. The fourth-order valence-electron chi connectivity index (χ4n) is 3.15. The first kappa shape index (κ1) is 20.8. The predicted octanol–water partition coefficient (Wildman–Crippen LogP) is 2.57. The lowest BCUT2D eigenvalue weighted by Gasteiger charge is -2.21. The van der Waals surface area contributed by atoms with Gasteiger partial charge in [0.15, 0.2) is 17.6 Å². The molecule has 9 heteroatoms. The van der Waals surface area contributed by atoms with Crippen molar-refractivity contribution in [3.8, 4) is 17.2 Å². The Labute approximate surface area is 170 Å². The maximum Gasteiger partial charge on any atom is 0.265 e. The van der Waals surface area contributed by atoms with Gasteiger partial charge in [-0.3, -0.25) is 9.10 Å². The molecule has 0 fully saturated rings. The number of sulfonamides is 1. The van der Waals surface area contributed by atoms with Crippen molar-refractivity contribution in [1.29, 1.82) is 0 Å². The Kier molecular flexibility index (Phi) is 5.88. The lowest BCUT2D eigenvalue weighted by molar-refractivity contribution is -0.122. The molecule has 8 nitrogen and oxygen atoms in total. The van der Waals surface area contributed by atoms with Crippen molar-refractivity contribution >= 4 is 27.3 Å². The van der Waals surface area contributed by atoms with E-state index in [2.05, 4.69) is 5.32 Å². The Balaban J connectivity index is 1.85. The molecule has 2 aromatic rings. The van der Waals surface area contributed by atoms with E-state index in [-0.39, 0.29) is 18.9 Å². The Bertz CT molecular complexity index is 1020. The summed E-state index contributed by atoms with van der Waals surface area (Å²) >= 11 is 0. The first-order valence-electron chi connectivity index (χ1n) is 9.01. The van der Waals surface area contributed by atoms with Crippen LogP contribution in [0.3, 0.4) is 0 Å². The summed E-state index contributed by atoms with van der Waals surface area (Å²) in [5.74, 6) is 1.01. The first-order valence-corrected chi connectivity index (χ1v) is 10.9. The molecule has 0 aromatic heterocycles. The lowest BCUT2D eigenvalue weighted by Crippen LogP contribution is -2.36. The molecule has 0 saturated heterocycles. The number of anilines is 2. The maximum absolute atomic E-state index is 12.8. The number of carbonyl (C=O) groups is 1. The van der Waals surface area contributed by atoms with E-state index in [9.17, 15) is 13.2 Å². The molecule has 2 aromatic carbocycles. The summed E-state index contributed by atoms with van der Waals surface area (Å²) in [7, 11) is -0.472. The highest BCUT2D eigenvalue weighted by Crippen LogP contribution is 2.35. The van der Waals surface area contributed by atoms with Gasteiger partial charge in [0.25, 0.3) is 5.91 Å². The summed E-state index contributed by atoms with van der Waals surface area (Å²) in [5.41, 5.74) is 1.85. The molecule has 1 N–H and O–H groups in total.